The van der Waals surface area contributed by atoms with Crippen molar-refractivity contribution in [3.8, 4) is 0 Å². The third-order valence-corrected chi connectivity index (χ3v) is 1.66. The molecule has 2 amide bonds. The van der Waals surface area contributed by atoms with Crippen LogP contribution in [-0.2, 0) is 9.53 Å². The number of likely N-dealkylation sites (N-methyl/N-ethyl adjacent to an activating group) is 1. The zero-order chi connectivity index (χ0) is 11.1. The summed E-state index contributed by atoms with van der Waals surface area (Å²) in [6, 6.07) is -0.180. The number of urea groups is 1. The van der Waals surface area contributed by atoms with Crippen molar-refractivity contribution >= 4 is 12.0 Å². The summed E-state index contributed by atoms with van der Waals surface area (Å²) in [5.41, 5.74) is 0. The zero-order valence-corrected chi connectivity index (χ0v) is 9.24. The highest BCUT2D eigenvalue weighted by atomic mass is 16.5. The number of carbonyl (C=O) groups is 2. The van der Waals surface area contributed by atoms with E-state index in [1.54, 1.807) is 21.0 Å². The molecule has 0 unspecified atom stereocenters. The highest BCUT2D eigenvalue weighted by Gasteiger charge is 2.17. The van der Waals surface area contributed by atoms with Gasteiger partial charge in [-0.3, -0.25) is 4.79 Å². The van der Waals surface area contributed by atoms with Crippen molar-refractivity contribution in [2.45, 2.75) is 13.8 Å². The van der Waals surface area contributed by atoms with Gasteiger partial charge in [0.05, 0.1) is 6.61 Å². The van der Waals surface area contributed by atoms with Crippen molar-refractivity contribution in [2.75, 3.05) is 33.8 Å². The number of rotatable bonds is 4. The Morgan fingerprint density at radius 3 is 2.14 bits per heavy atom. The first-order valence-electron chi connectivity index (χ1n) is 4.64. The van der Waals surface area contributed by atoms with Crippen molar-refractivity contribution in [1.82, 2.24) is 9.80 Å². The molecular weight excluding hydrogens is 184 g/mol. The minimum Gasteiger partial charge on any atom is -0.465 e. The van der Waals surface area contributed by atoms with Crippen molar-refractivity contribution in [3.63, 3.8) is 0 Å². The van der Waals surface area contributed by atoms with Gasteiger partial charge in [0.15, 0.2) is 0 Å². The van der Waals surface area contributed by atoms with Crippen LogP contribution < -0.4 is 0 Å². The van der Waals surface area contributed by atoms with E-state index in [9.17, 15) is 9.59 Å². The Hall–Kier alpha value is -1.26. The second kappa shape index (κ2) is 6.23. The van der Waals surface area contributed by atoms with Crippen molar-refractivity contribution in [1.29, 1.82) is 0 Å². The molecule has 5 heteroatoms. The molecule has 14 heavy (non-hydrogen) atoms. The van der Waals surface area contributed by atoms with Crippen LogP contribution in [0.2, 0.25) is 0 Å². The SMILES string of the molecule is CCOC(=O)CN(CC)C(=O)N(C)C. The molecule has 0 radical (unpaired) electrons. The lowest BCUT2D eigenvalue weighted by Crippen LogP contribution is -2.42. The predicted molar refractivity (Wildman–Crippen MR) is 53.0 cm³/mol. The van der Waals surface area contributed by atoms with Gasteiger partial charge in [-0.05, 0) is 13.8 Å². The molecule has 0 heterocycles. The lowest BCUT2D eigenvalue weighted by atomic mass is 10.5. The predicted octanol–water partition coefficient (Wildman–Crippen LogP) is 0.553. The average Bonchev–Trinajstić information content (AvgIpc) is 2.13. The third kappa shape index (κ3) is 4.11. The molecule has 0 aliphatic carbocycles. The van der Waals surface area contributed by atoms with Gasteiger partial charge in [-0.2, -0.15) is 0 Å². The van der Waals surface area contributed by atoms with Crippen LogP contribution in [0.1, 0.15) is 13.8 Å². The van der Waals surface area contributed by atoms with E-state index in [4.69, 9.17) is 4.74 Å². The molecule has 0 saturated carbocycles. The van der Waals surface area contributed by atoms with Gasteiger partial charge in [-0.15, -0.1) is 0 Å². The molecule has 82 valence electrons. The maximum Gasteiger partial charge on any atom is 0.325 e. The van der Waals surface area contributed by atoms with E-state index in [0.29, 0.717) is 13.2 Å². The Balaban J connectivity index is 4.15. The molecule has 0 N–H and O–H groups in total. The van der Waals surface area contributed by atoms with Crippen LogP contribution in [0, 0.1) is 0 Å². The van der Waals surface area contributed by atoms with Gasteiger partial charge in [0.1, 0.15) is 6.54 Å². The number of amides is 2. The highest BCUT2D eigenvalue weighted by Crippen LogP contribution is 1.95. The van der Waals surface area contributed by atoms with E-state index in [1.165, 1.54) is 9.80 Å². The number of nitrogens with zero attached hydrogens (tertiary/aromatic N) is 2. The molecule has 0 atom stereocenters. The molecule has 0 aromatic carbocycles. The van der Waals surface area contributed by atoms with E-state index in [0.717, 1.165) is 0 Å². The van der Waals surface area contributed by atoms with Gasteiger partial charge in [-0.1, -0.05) is 0 Å². The minimum atomic E-state index is -0.371. The highest BCUT2D eigenvalue weighted by molar-refractivity contribution is 5.80. The smallest absolute Gasteiger partial charge is 0.325 e. The van der Waals surface area contributed by atoms with E-state index in [-0.39, 0.29) is 18.5 Å². The normalized spacial score (nSPS) is 9.43. The van der Waals surface area contributed by atoms with Crippen molar-refractivity contribution in [3.05, 3.63) is 0 Å². The number of hydrogen-bond acceptors (Lipinski definition) is 3. The maximum atomic E-state index is 11.5. The molecule has 0 fully saturated rings. The average molecular weight is 202 g/mol. The van der Waals surface area contributed by atoms with Gasteiger partial charge in [0.2, 0.25) is 0 Å². The van der Waals surface area contributed by atoms with Gasteiger partial charge < -0.3 is 14.5 Å². The fraction of sp³-hybridized carbons (Fsp3) is 0.778. The molecule has 0 aromatic rings. The van der Waals surface area contributed by atoms with Crippen LogP contribution >= 0.6 is 0 Å². The summed E-state index contributed by atoms with van der Waals surface area (Å²) < 4.78 is 4.75. The topological polar surface area (TPSA) is 49.9 Å². The summed E-state index contributed by atoms with van der Waals surface area (Å²) in [6.45, 7) is 4.41. The van der Waals surface area contributed by atoms with Crippen molar-refractivity contribution < 1.29 is 14.3 Å². The first-order valence-corrected chi connectivity index (χ1v) is 4.64. The lowest BCUT2D eigenvalue weighted by molar-refractivity contribution is -0.143. The molecule has 0 rings (SSSR count). The Bertz CT molecular complexity index is 204. The molecule has 0 spiro atoms. The number of ether oxygens (including phenoxy) is 1. The molecular formula is C9H18N2O3. The van der Waals surface area contributed by atoms with E-state index >= 15 is 0 Å². The monoisotopic (exact) mass is 202 g/mol. The van der Waals surface area contributed by atoms with Crippen LogP contribution in [-0.4, -0.2) is 55.6 Å². The first kappa shape index (κ1) is 12.7. The lowest BCUT2D eigenvalue weighted by Gasteiger charge is -2.23. The number of esters is 1. The largest absolute Gasteiger partial charge is 0.465 e. The number of carbonyl (C=O) groups excluding carboxylic acids is 2. The van der Waals surface area contributed by atoms with Crippen LogP contribution in [0.3, 0.4) is 0 Å². The van der Waals surface area contributed by atoms with Gasteiger partial charge >= 0.3 is 12.0 Å². The molecule has 0 aliphatic heterocycles. The summed E-state index contributed by atoms with van der Waals surface area (Å²) in [5.74, 6) is -0.371. The summed E-state index contributed by atoms with van der Waals surface area (Å²) in [5, 5.41) is 0. The standard InChI is InChI=1S/C9H18N2O3/c1-5-11(9(13)10(3)4)7-8(12)14-6-2/h5-7H2,1-4H3. The fourth-order valence-electron chi connectivity index (χ4n) is 0.960. The van der Waals surface area contributed by atoms with E-state index in [2.05, 4.69) is 0 Å². The van der Waals surface area contributed by atoms with Crippen molar-refractivity contribution in [2.24, 2.45) is 0 Å². The number of hydrogen-bond donors (Lipinski definition) is 0. The molecule has 0 aromatic heterocycles. The molecule has 0 saturated heterocycles. The van der Waals surface area contributed by atoms with Crippen LogP contribution in [0.5, 0.6) is 0 Å². The van der Waals surface area contributed by atoms with Gasteiger partial charge in [0, 0.05) is 20.6 Å². The Kier molecular flexibility index (Phi) is 5.67. The van der Waals surface area contributed by atoms with Crippen LogP contribution in [0.4, 0.5) is 4.79 Å². The Morgan fingerprint density at radius 2 is 1.79 bits per heavy atom. The first-order chi connectivity index (χ1) is 6.52. The quantitative estimate of drug-likeness (QED) is 0.626. The fourth-order valence-corrected chi connectivity index (χ4v) is 0.960. The van der Waals surface area contributed by atoms with Crippen LogP contribution in [0.15, 0.2) is 0 Å². The minimum absolute atomic E-state index is 0.0152. The summed E-state index contributed by atoms with van der Waals surface area (Å²) in [7, 11) is 3.30. The summed E-state index contributed by atoms with van der Waals surface area (Å²) in [4.78, 5) is 25.4. The van der Waals surface area contributed by atoms with E-state index < -0.39 is 0 Å². The van der Waals surface area contributed by atoms with Gasteiger partial charge in [0.25, 0.3) is 0 Å². The van der Waals surface area contributed by atoms with Crippen LogP contribution in [0.25, 0.3) is 0 Å². The second-order valence-corrected chi connectivity index (χ2v) is 3.00. The second-order valence-electron chi connectivity index (χ2n) is 3.00. The van der Waals surface area contributed by atoms with Gasteiger partial charge in [-0.25, -0.2) is 4.79 Å². The summed E-state index contributed by atoms with van der Waals surface area (Å²) >= 11 is 0. The summed E-state index contributed by atoms with van der Waals surface area (Å²) in [6.07, 6.45) is 0. The Labute approximate surface area is 84.6 Å². The zero-order valence-electron chi connectivity index (χ0n) is 9.24. The Morgan fingerprint density at radius 1 is 1.21 bits per heavy atom. The third-order valence-electron chi connectivity index (χ3n) is 1.66. The molecule has 5 nitrogen and oxygen atoms in total. The van der Waals surface area contributed by atoms with E-state index in [1.807, 2.05) is 6.92 Å². The molecule has 0 aliphatic rings. The molecule has 0 bridgehead atoms. The maximum absolute atomic E-state index is 11.5.